The Balaban J connectivity index is 3.19. The molecule has 20 heavy (non-hydrogen) atoms. The monoisotopic (exact) mass is 326 g/mol. The minimum atomic E-state index is -5.32. The van der Waals surface area contributed by atoms with Gasteiger partial charge in [0.25, 0.3) is 5.69 Å². The largest absolute Gasteiger partial charge is 0.357 e. The van der Waals surface area contributed by atoms with Crippen LogP contribution >= 0.6 is 15.2 Å². The number of nitro groups is 1. The van der Waals surface area contributed by atoms with Gasteiger partial charge >= 0.3 is 15.2 Å². The van der Waals surface area contributed by atoms with Crippen LogP contribution < -0.4 is 5.73 Å². The van der Waals surface area contributed by atoms with E-state index >= 15 is 0 Å². The zero-order valence-corrected chi connectivity index (χ0v) is 11.6. The summed E-state index contributed by atoms with van der Waals surface area (Å²) in [5, 5.41) is 7.37. The highest BCUT2D eigenvalue weighted by Gasteiger charge is 2.57. The highest BCUT2D eigenvalue weighted by atomic mass is 31.2. The summed E-state index contributed by atoms with van der Waals surface area (Å²) in [6.07, 6.45) is -0.834. The molecule has 1 aromatic carbocycles. The van der Waals surface area contributed by atoms with Crippen LogP contribution in [0.15, 0.2) is 24.3 Å². The van der Waals surface area contributed by atoms with E-state index < -0.39 is 31.6 Å². The standard InChI is InChI=1S/C8H12N2O8P2/c9-8(19(13,14)15,20(16,17)18)5-6-1-3-7(4-2-6)10(11)12/h1-4H,5,9H2,(H2,13,14,15)(H2,16,17,18). The Labute approximate surface area is 112 Å². The fraction of sp³-hybridized carbons (Fsp3) is 0.250. The fourth-order valence-electron chi connectivity index (χ4n) is 1.41. The van der Waals surface area contributed by atoms with E-state index in [-0.39, 0.29) is 11.3 Å². The number of hydrogen-bond acceptors (Lipinski definition) is 5. The third-order valence-corrected chi connectivity index (χ3v) is 6.52. The molecule has 0 atom stereocenters. The van der Waals surface area contributed by atoms with Crippen molar-refractivity contribution in [2.75, 3.05) is 0 Å². The van der Waals surface area contributed by atoms with Crippen LogP contribution in [0.4, 0.5) is 5.69 Å². The van der Waals surface area contributed by atoms with Gasteiger partial charge in [-0.1, -0.05) is 12.1 Å². The molecule has 0 saturated heterocycles. The van der Waals surface area contributed by atoms with E-state index in [1.54, 1.807) is 0 Å². The van der Waals surface area contributed by atoms with E-state index in [1.807, 2.05) is 0 Å². The van der Waals surface area contributed by atoms with Gasteiger partial charge in [-0.15, -0.1) is 0 Å². The molecule has 112 valence electrons. The maximum absolute atomic E-state index is 11.2. The summed E-state index contributed by atoms with van der Waals surface area (Å²) in [7, 11) is -10.6. The summed E-state index contributed by atoms with van der Waals surface area (Å²) >= 11 is 0. The second-order valence-corrected chi connectivity index (χ2v) is 8.19. The number of nitrogens with zero attached hydrogens (tertiary/aromatic N) is 1. The first-order chi connectivity index (χ1) is 8.88. The molecule has 0 aromatic heterocycles. The van der Waals surface area contributed by atoms with Gasteiger partial charge in [0.05, 0.1) is 4.92 Å². The summed E-state index contributed by atoms with van der Waals surface area (Å²) in [6, 6.07) is 4.31. The number of hydrogen-bond donors (Lipinski definition) is 5. The molecule has 0 unspecified atom stereocenters. The molecule has 1 rings (SSSR count). The summed E-state index contributed by atoms with van der Waals surface area (Å²) in [4.78, 5) is 46.0. The molecule has 1 aromatic rings. The molecule has 0 aliphatic rings. The molecule has 0 aliphatic heterocycles. The van der Waals surface area contributed by atoms with Gasteiger partial charge in [0.15, 0.2) is 0 Å². The van der Waals surface area contributed by atoms with Crippen molar-refractivity contribution in [3.63, 3.8) is 0 Å². The van der Waals surface area contributed by atoms with Crippen molar-refractivity contribution in [2.45, 2.75) is 11.4 Å². The molecule has 0 saturated carbocycles. The van der Waals surface area contributed by atoms with Crippen LogP contribution in [0, 0.1) is 10.1 Å². The highest BCUT2D eigenvalue weighted by Crippen LogP contribution is 2.66. The van der Waals surface area contributed by atoms with Crippen molar-refractivity contribution in [1.82, 2.24) is 0 Å². The second-order valence-electron chi connectivity index (χ2n) is 4.07. The molecule has 6 N–H and O–H groups in total. The van der Waals surface area contributed by atoms with Gasteiger partial charge in [0.2, 0.25) is 5.02 Å². The maximum Gasteiger partial charge on any atom is 0.357 e. The smallest absolute Gasteiger partial charge is 0.323 e. The van der Waals surface area contributed by atoms with Gasteiger partial charge in [-0.25, -0.2) is 0 Å². The lowest BCUT2D eigenvalue weighted by Crippen LogP contribution is -2.41. The molecule has 0 heterocycles. The van der Waals surface area contributed by atoms with E-state index in [1.165, 1.54) is 0 Å². The van der Waals surface area contributed by atoms with E-state index in [0.29, 0.717) is 0 Å². The first-order valence-electron chi connectivity index (χ1n) is 5.02. The quantitative estimate of drug-likeness (QED) is 0.284. The van der Waals surface area contributed by atoms with Crippen molar-refractivity contribution < 1.29 is 33.6 Å². The molecular formula is C8H12N2O8P2. The van der Waals surface area contributed by atoms with Crippen molar-refractivity contribution in [3.8, 4) is 0 Å². The molecule has 0 spiro atoms. The predicted octanol–water partition coefficient (Wildman–Crippen LogP) is 0.105. The molecule has 12 heteroatoms. The molecule has 0 fully saturated rings. The Morgan fingerprint density at radius 3 is 1.80 bits per heavy atom. The van der Waals surface area contributed by atoms with Crippen LogP contribution in [-0.2, 0) is 15.6 Å². The van der Waals surface area contributed by atoms with Gasteiger partial charge in [0.1, 0.15) is 0 Å². The Bertz CT molecular complexity index is 581. The molecule has 0 radical (unpaired) electrons. The van der Waals surface area contributed by atoms with Crippen molar-refractivity contribution in [1.29, 1.82) is 0 Å². The number of benzene rings is 1. The molecule has 10 nitrogen and oxygen atoms in total. The summed E-state index contributed by atoms with van der Waals surface area (Å²) < 4.78 is 22.5. The van der Waals surface area contributed by atoms with Crippen molar-refractivity contribution in [3.05, 3.63) is 39.9 Å². The molecule has 0 amide bonds. The summed E-state index contributed by atoms with van der Waals surface area (Å²) in [5.74, 6) is 0. The van der Waals surface area contributed by atoms with Gasteiger partial charge in [-0.3, -0.25) is 19.2 Å². The van der Waals surface area contributed by atoms with E-state index in [9.17, 15) is 19.2 Å². The Hall–Kier alpha value is -1.12. The molecule has 0 aliphatic carbocycles. The predicted molar refractivity (Wildman–Crippen MR) is 67.8 cm³/mol. The van der Waals surface area contributed by atoms with Crippen LogP contribution in [0.5, 0.6) is 0 Å². The first kappa shape index (κ1) is 16.9. The lowest BCUT2D eigenvalue weighted by molar-refractivity contribution is -0.384. The topological polar surface area (TPSA) is 184 Å². The van der Waals surface area contributed by atoms with Crippen molar-refractivity contribution >= 4 is 20.9 Å². The van der Waals surface area contributed by atoms with Gasteiger partial charge in [-0.2, -0.15) is 0 Å². The Kier molecular flexibility index (Phi) is 4.52. The lowest BCUT2D eigenvalue weighted by Gasteiger charge is -2.30. The fourth-order valence-corrected chi connectivity index (χ4v) is 3.55. The second kappa shape index (κ2) is 5.34. The van der Waals surface area contributed by atoms with Crippen LogP contribution in [0.25, 0.3) is 0 Å². The van der Waals surface area contributed by atoms with Gasteiger partial charge in [0, 0.05) is 18.6 Å². The Morgan fingerprint density at radius 1 is 1.10 bits per heavy atom. The summed E-state index contributed by atoms with van der Waals surface area (Å²) in [6.45, 7) is 0. The molecular weight excluding hydrogens is 314 g/mol. The SMILES string of the molecule is NC(Cc1ccc([N+](=O)[O-])cc1)(P(=O)(O)O)P(=O)(O)O. The van der Waals surface area contributed by atoms with Gasteiger partial charge < -0.3 is 25.3 Å². The zero-order chi connectivity index (χ0) is 15.8. The average Bonchev–Trinajstić information content (AvgIpc) is 2.26. The zero-order valence-electron chi connectivity index (χ0n) is 9.86. The lowest BCUT2D eigenvalue weighted by atomic mass is 10.1. The highest BCUT2D eigenvalue weighted by molar-refractivity contribution is 7.72. The average molecular weight is 326 g/mol. The minimum absolute atomic E-state index is 0.0461. The number of nitrogens with two attached hydrogens (primary N) is 1. The van der Waals surface area contributed by atoms with Crippen LogP contribution in [-0.4, -0.2) is 29.5 Å². The number of nitro benzene ring substituents is 1. The van der Waals surface area contributed by atoms with Crippen LogP contribution in [0.3, 0.4) is 0 Å². The third kappa shape index (κ3) is 3.31. The first-order valence-corrected chi connectivity index (χ1v) is 8.24. The van der Waals surface area contributed by atoms with Gasteiger partial charge in [-0.05, 0) is 5.56 Å². The van der Waals surface area contributed by atoms with E-state index in [2.05, 4.69) is 0 Å². The van der Waals surface area contributed by atoms with Crippen LogP contribution in [0.1, 0.15) is 5.56 Å². The van der Waals surface area contributed by atoms with Crippen molar-refractivity contribution in [2.24, 2.45) is 5.73 Å². The van der Waals surface area contributed by atoms with E-state index in [0.717, 1.165) is 24.3 Å². The van der Waals surface area contributed by atoms with Crippen LogP contribution in [0.2, 0.25) is 0 Å². The molecule has 0 bridgehead atoms. The third-order valence-electron chi connectivity index (χ3n) is 2.62. The normalized spacial score (nSPS) is 13.2. The van der Waals surface area contributed by atoms with E-state index in [4.69, 9.17) is 25.3 Å². The number of non-ortho nitro benzene ring substituents is 1. The minimum Gasteiger partial charge on any atom is -0.323 e. The summed E-state index contributed by atoms with van der Waals surface area (Å²) in [5.41, 5.74) is 4.99. The number of rotatable bonds is 5. The Morgan fingerprint density at radius 2 is 1.50 bits per heavy atom. The maximum atomic E-state index is 11.2.